The highest BCUT2D eigenvalue weighted by molar-refractivity contribution is 7.81. The van der Waals surface area contributed by atoms with Gasteiger partial charge >= 0.3 is 0 Å². The van der Waals surface area contributed by atoms with E-state index < -0.39 is 0 Å². The summed E-state index contributed by atoms with van der Waals surface area (Å²) in [5, 5.41) is 0. The van der Waals surface area contributed by atoms with Crippen LogP contribution in [0, 0.1) is 0 Å². The van der Waals surface area contributed by atoms with Crippen LogP contribution in [0.1, 0.15) is 0 Å². The zero-order valence-electron chi connectivity index (χ0n) is 5.13. The lowest BCUT2D eigenvalue weighted by molar-refractivity contribution is 1.38. The molecule has 0 amide bonds. The summed E-state index contributed by atoms with van der Waals surface area (Å²) in [6.45, 7) is 0. The summed E-state index contributed by atoms with van der Waals surface area (Å²) in [6.07, 6.45) is 0. The Kier molecular flexibility index (Phi) is 1.82. The molecule has 0 aromatic heterocycles. The molecule has 1 aromatic carbocycles. The SMILES string of the molecule is Nc1cc([S])c(N)cc1[S]. The summed E-state index contributed by atoms with van der Waals surface area (Å²) in [5.74, 6) is 0. The first-order chi connectivity index (χ1) is 4.61. The quantitative estimate of drug-likeness (QED) is 0.585. The van der Waals surface area contributed by atoms with Crippen molar-refractivity contribution in [3.05, 3.63) is 12.1 Å². The van der Waals surface area contributed by atoms with Gasteiger partial charge in [0.05, 0.1) is 21.2 Å². The van der Waals surface area contributed by atoms with Crippen molar-refractivity contribution in [3.63, 3.8) is 0 Å². The van der Waals surface area contributed by atoms with Crippen LogP contribution in [0.15, 0.2) is 21.9 Å². The molecule has 0 saturated heterocycles. The molecule has 0 fully saturated rings. The monoisotopic (exact) mass is 170 g/mol. The van der Waals surface area contributed by atoms with Crippen LogP contribution in [0.4, 0.5) is 11.4 Å². The standard InChI is InChI=1S/C6H6N2S2/c7-3-1-5(9)4(8)2-6(3)10/h1-2H,7-8H2. The first-order valence-corrected chi connectivity index (χ1v) is 3.46. The summed E-state index contributed by atoms with van der Waals surface area (Å²) in [6, 6.07) is 3.21. The second kappa shape index (κ2) is 2.48. The van der Waals surface area contributed by atoms with Gasteiger partial charge in [-0.1, -0.05) is 25.3 Å². The van der Waals surface area contributed by atoms with E-state index in [1.54, 1.807) is 12.1 Å². The van der Waals surface area contributed by atoms with E-state index in [-0.39, 0.29) is 0 Å². The maximum Gasteiger partial charge on any atom is 0.0628 e. The van der Waals surface area contributed by atoms with E-state index in [4.69, 9.17) is 36.7 Å². The minimum atomic E-state index is 0.522. The van der Waals surface area contributed by atoms with Crippen LogP contribution >= 0.6 is 25.3 Å². The van der Waals surface area contributed by atoms with Gasteiger partial charge in [0.1, 0.15) is 0 Å². The summed E-state index contributed by atoms with van der Waals surface area (Å²) < 4.78 is 0. The second-order valence-corrected chi connectivity index (χ2v) is 2.81. The van der Waals surface area contributed by atoms with E-state index in [9.17, 15) is 0 Å². The fourth-order valence-corrected chi connectivity index (χ4v) is 0.963. The topological polar surface area (TPSA) is 52.0 Å². The maximum atomic E-state index is 5.46. The van der Waals surface area contributed by atoms with Crippen molar-refractivity contribution in [2.45, 2.75) is 9.79 Å². The number of anilines is 2. The Balaban J connectivity index is 3.28. The summed E-state index contributed by atoms with van der Waals surface area (Å²) in [4.78, 5) is 1.12. The van der Waals surface area contributed by atoms with Gasteiger partial charge in [-0.25, -0.2) is 0 Å². The fraction of sp³-hybridized carbons (Fsp3) is 0. The number of benzene rings is 1. The van der Waals surface area contributed by atoms with Crippen molar-refractivity contribution in [3.8, 4) is 0 Å². The Bertz CT molecular complexity index is 210. The second-order valence-electron chi connectivity index (χ2n) is 1.93. The van der Waals surface area contributed by atoms with Crippen LogP contribution in [-0.2, 0) is 0 Å². The molecule has 4 heteroatoms. The third kappa shape index (κ3) is 1.22. The molecule has 1 rings (SSSR count). The molecule has 0 aliphatic rings. The highest BCUT2D eigenvalue weighted by Gasteiger charge is 2.00. The Morgan fingerprint density at radius 1 is 0.900 bits per heavy atom. The number of nitrogens with two attached hydrogens (primary N) is 2. The number of hydrogen-bond donors (Lipinski definition) is 2. The van der Waals surface area contributed by atoms with E-state index in [1.165, 1.54) is 0 Å². The first kappa shape index (κ1) is 7.37. The van der Waals surface area contributed by atoms with Gasteiger partial charge < -0.3 is 11.5 Å². The van der Waals surface area contributed by atoms with E-state index >= 15 is 0 Å². The van der Waals surface area contributed by atoms with Crippen LogP contribution in [0.2, 0.25) is 0 Å². The molecule has 2 radical (unpaired) electrons. The van der Waals surface area contributed by atoms with E-state index in [0.29, 0.717) is 21.2 Å². The Labute approximate surface area is 70.4 Å². The molecule has 52 valence electrons. The van der Waals surface area contributed by atoms with Gasteiger partial charge in [0.2, 0.25) is 0 Å². The molecule has 10 heavy (non-hydrogen) atoms. The van der Waals surface area contributed by atoms with Crippen LogP contribution in [-0.4, -0.2) is 0 Å². The lowest BCUT2D eigenvalue weighted by Crippen LogP contribution is -1.91. The third-order valence-electron chi connectivity index (χ3n) is 1.14. The van der Waals surface area contributed by atoms with Crippen LogP contribution in [0.25, 0.3) is 0 Å². The van der Waals surface area contributed by atoms with Crippen molar-refractivity contribution in [2.75, 3.05) is 11.5 Å². The smallest absolute Gasteiger partial charge is 0.0628 e. The minimum absolute atomic E-state index is 0.522. The van der Waals surface area contributed by atoms with Gasteiger partial charge in [0.15, 0.2) is 0 Å². The summed E-state index contributed by atoms with van der Waals surface area (Å²) in [5.41, 5.74) is 12.0. The van der Waals surface area contributed by atoms with E-state index in [0.717, 1.165) is 0 Å². The predicted molar refractivity (Wildman–Crippen MR) is 47.0 cm³/mol. The maximum absolute atomic E-state index is 5.46. The van der Waals surface area contributed by atoms with Crippen molar-refractivity contribution in [1.82, 2.24) is 0 Å². The molecule has 0 bridgehead atoms. The molecule has 0 aliphatic carbocycles. The third-order valence-corrected chi connectivity index (χ3v) is 1.85. The van der Waals surface area contributed by atoms with Gasteiger partial charge in [0, 0.05) is 0 Å². The van der Waals surface area contributed by atoms with Gasteiger partial charge in [-0.3, -0.25) is 0 Å². The van der Waals surface area contributed by atoms with Crippen molar-refractivity contribution in [2.24, 2.45) is 0 Å². The van der Waals surface area contributed by atoms with Crippen LogP contribution < -0.4 is 11.5 Å². The number of rotatable bonds is 0. The molecule has 0 spiro atoms. The van der Waals surface area contributed by atoms with E-state index in [1.807, 2.05) is 0 Å². The molecular weight excluding hydrogens is 164 g/mol. The first-order valence-electron chi connectivity index (χ1n) is 2.64. The van der Waals surface area contributed by atoms with Gasteiger partial charge in [0.25, 0.3) is 0 Å². The Morgan fingerprint density at radius 2 is 1.20 bits per heavy atom. The molecular formula is C6H6N2S2. The van der Waals surface area contributed by atoms with Crippen molar-refractivity contribution >= 4 is 36.6 Å². The lowest BCUT2D eigenvalue weighted by atomic mass is 10.3. The highest BCUT2D eigenvalue weighted by atomic mass is 32.1. The van der Waals surface area contributed by atoms with Gasteiger partial charge in [-0.05, 0) is 12.1 Å². The average molecular weight is 170 g/mol. The van der Waals surface area contributed by atoms with Crippen molar-refractivity contribution < 1.29 is 0 Å². The normalized spacial score (nSPS) is 9.60. The Morgan fingerprint density at radius 3 is 1.50 bits per heavy atom. The van der Waals surface area contributed by atoms with E-state index in [2.05, 4.69) is 0 Å². The molecule has 0 heterocycles. The predicted octanol–water partition coefficient (Wildman–Crippen LogP) is 1.96. The Hall–Kier alpha value is -0.740. The molecule has 0 unspecified atom stereocenters. The van der Waals surface area contributed by atoms with Gasteiger partial charge in [-0.2, -0.15) is 0 Å². The van der Waals surface area contributed by atoms with Crippen LogP contribution in [0.3, 0.4) is 0 Å². The number of hydrogen-bond acceptors (Lipinski definition) is 2. The average Bonchev–Trinajstić information content (AvgIpc) is 1.84. The molecule has 2 nitrogen and oxygen atoms in total. The minimum Gasteiger partial charge on any atom is -0.398 e. The number of nitrogen functional groups attached to an aromatic ring is 2. The summed E-state index contributed by atoms with van der Waals surface area (Å²) in [7, 11) is 0. The lowest BCUT2D eigenvalue weighted by Gasteiger charge is -2.00. The van der Waals surface area contributed by atoms with Gasteiger partial charge in [-0.15, -0.1) is 0 Å². The zero-order valence-corrected chi connectivity index (χ0v) is 6.76. The largest absolute Gasteiger partial charge is 0.398 e. The highest BCUT2D eigenvalue weighted by Crippen LogP contribution is 2.25. The molecule has 0 saturated carbocycles. The van der Waals surface area contributed by atoms with Crippen LogP contribution in [0.5, 0.6) is 0 Å². The molecule has 4 N–H and O–H groups in total. The summed E-state index contributed by atoms with van der Waals surface area (Å²) >= 11 is 9.70. The molecule has 0 atom stereocenters. The van der Waals surface area contributed by atoms with Crippen molar-refractivity contribution in [1.29, 1.82) is 0 Å². The molecule has 1 aromatic rings. The molecule has 0 aliphatic heterocycles. The zero-order chi connectivity index (χ0) is 7.72. The fourth-order valence-electron chi connectivity index (χ4n) is 0.591.